The molecule has 0 unspecified atom stereocenters. The maximum absolute atomic E-state index is 14.2. The predicted octanol–water partition coefficient (Wildman–Crippen LogP) is 5.38. The number of halogens is 1. The van der Waals surface area contributed by atoms with Crippen LogP contribution in [0.1, 0.15) is 92.9 Å². The molecule has 4 saturated carbocycles. The number of aliphatic hydroxyl groups is 2. The van der Waals surface area contributed by atoms with Crippen molar-refractivity contribution in [3.63, 3.8) is 0 Å². The van der Waals surface area contributed by atoms with E-state index in [1.165, 1.54) is 0 Å². The largest absolute Gasteiger partial charge is 0.390 e. The Labute approximate surface area is 205 Å². The molecule has 4 nitrogen and oxygen atoms in total. The van der Waals surface area contributed by atoms with Gasteiger partial charge >= 0.3 is 0 Å². The zero-order valence-electron chi connectivity index (χ0n) is 22.1. The van der Waals surface area contributed by atoms with E-state index in [4.69, 9.17) is 0 Å². The summed E-state index contributed by atoms with van der Waals surface area (Å²) in [6.07, 6.45) is 3.39. The Hall–Kier alpha value is -0.810. The Balaban J connectivity index is 1.59. The molecule has 0 aliphatic heterocycles. The van der Waals surface area contributed by atoms with Gasteiger partial charge in [-0.3, -0.25) is 9.59 Å². The molecule has 0 spiro atoms. The van der Waals surface area contributed by atoms with Crippen LogP contribution in [-0.4, -0.2) is 40.2 Å². The SMILES string of the molecule is CC[C@@H](C(C)C)[C@H](O)[C@@H](O)[C@@H](C)[C@H]1CC[C@H]2[C@@H]3C(=O)C(=O)[C@H]4C[C@H](F)CC[C@]4(C)[C@H]3CC[C@]12C. The van der Waals surface area contributed by atoms with Gasteiger partial charge in [0.1, 0.15) is 6.17 Å². The van der Waals surface area contributed by atoms with Gasteiger partial charge in [0.15, 0.2) is 0 Å². The third kappa shape index (κ3) is 3.83. The van der Waals surface area contributed by atoms with Crippen LogP contribution < -0.4 is 0 Å². The lowest BCUT2D eigenvalue weighted by atomic mass is 9.43. The van der Waals surface area contributed by atoms with Crippen molar-refractivity contribution in [2.24, 2.45) is 58.2 Å². The summed E-state index contributed by atoms with van der Waals surface area (Å²) >= 11 is 0. The summed E-state index contributed by atoms with van der Waals surface area (Å²) in [5.41, 5.74) is -0.401. The summed E-state index contributed by atoms with van der Waals surface area (Å²) in [4.78, 5) is 26.8. The van der Waals surface area contributed by atoms with Gasteiger partial charge < -0.3 is 10.2 Å². The molecule has 4 aliphatic carbocycles. The highest BCUT2D eigenvalue weighted by Crippen LogP contribution is 2.67. The van der Waals surface area contributed by atoms with Crippen LogP contribution in [0.15, 0.2) is 0 Å². The first-order valence-electron chi connectivity index (χ1n) is 14.0. The Morgan fingerprint density at radius 3 is 2.15 bits per heavy atom. The zero-order valence-corrected chi connectivity index (χ0v) is 22.1. The van der Waals surface area contributed by atoms with Crippen molar-refractivity contribution in [1.29, 1.82) is 0 Å². The molecular weight excluding hydrogens is 431 g/mol. The van der Waals surface area contributed by atoms with Gasteiger partial charge in [-0.1, -0.05) is 48.0 Å². The second-order valence-electron chi connectivity index (χ2n) is 13.3. The fourth-order valence-electron chi connectivity index (χ4n) is 9.53. The van der Waals surface area contributed by atoms with E-state index in [-0.39, 0.29) is 64.3 Å². The molecule has 194 valence electrons. The Kier molecular flexibility index (Phi) is 7.14. The summed E-state index contributed by atoms with van der Waals surface area (Å²) in [6.45, 7) is 12.7. The van der Waals surface area contributed by atoms with Crippen molar-refractivity contribution < 1.29 is 24.2 Å². The lowest BCUT2D eigenvalue weighted by Gasteiger charge is -2.59. The highest BCUT2D eigenvalue weighted by Gasteiger charge is 2.66. The summed E-state index contributed by atoms with van der Waals surface area (Å²) in [5, 5.41) is 22.3. The molecule has 4 rings (SSSR count). The van der Waals surface area contributed by atoms with E-state index < -0.39 is 24.3 Å². The van der Waals surface area contributed by atoms with Crippen molar-refractivity contribution in [2.45, 2.75) is 111 Å². The van der Waals surface area contributed by atoms with Crippen LogP contribution in [0.5, 0.6) is 0 Å². The normalized spacial score (nSPS) is 45.8. The van der Waals surface area contributed by atoms with Crippen molar-refractivity contribution >= 4 is 11.6 Å². The second kappa shape index (κ2) is 9.25. The molecular formula is C29H47FO4. The molecule has 0 aromatic rings. The molecule has 0 amide bonds. The maximum Gasteiger partial charge on any atom is 0.202 e. The molecule has 0 saturated heterocycles. The zero-order chi connectivity index (χ0) is 25.2. The monoisotopic (exact) mass is 478 g/mol. The van der Waals surface area contributed by atoms with E-state index in [1.54, 1.807) is 0 Å². The number of fused-ring (bicyclic) bond motifs is 5. The summed E-state index contributed by atoms with van der Waals surface area (Å²) in [6, 6.07) is 0. The topological polar surface area (TPSA) is 74.6 Å². The van der Waals surface area contributed by atoms with Crippen LogP contribution in [0.2, 0.25) is 0 Å². The second-order valence-corrected chi connectivity index (χ2v) is 13.3. The van der Waals surface area contributed by atoms with Gasteiger partial charge in [0.25, 0.3) is 0 Å². The number of aliphatic hydroxyl groups excluding tert-OH is 2. The maximum atomic E-state index is 14.2. The molecule has 12 atom stereocenters. The standard InChI is InChI=1S/C29H47FO4/c1-7-18(15(2)3)25(32)24(31)16(4)19-8-9-20-23-21(11-13-28(19,20)5)29(6)12-10-17(30)14-22(29)26(33)27(23)34/h15-25,31-32H,7-14H2,1-6H3/t16-,17+,18-,19+,20-,21-,22+,23-,24-,25-,28+,29+/m0/s1. The number of hydrogen-bond donors (Lipinski definition) is 2. The number of rotatable bonds is 6. The van der Waals surface area contributed by atoms with Crippen LogP contribution in [0.3, 0.4) is 0 Å². The first-order chi connectivity index (χ1) is 15.9. The van der Waals surface area contributed by atoms with Crippen LogP contribution in [0.4, 0.5) is 4.39 Å². The summed E-state index contributed by atoms with van der Waals surface area (Å²) < 4.78 is 14.2. The average Bonchev–Trinajstić information content (AvgIpc) is 3.14. The molecule has 2 N–H and O–H groups in total. The van der Waals surface area contributed by atoms with Crippen molar-refractivity contribution in [3.8, 4) is 0 Å². The minimum Gasteiger partial charge on any atom is -0.390 e. The third-order valence-corrected chi connectivity index (χ3v) is 11.6. The Morgan fingerprint density at radius 1 is 0.912 bits per heavy atom. The van der Waals surface area contributed by atoms with E-state index in [2.05, 4.69) is 41.5 Å². The molecule has 5 heteroatoms. The van der Waals surface area contributed by atoms with Gasteiger partial charge in [0, 0.05) is 11.8 Å². The molecule has 0 radical (unpaired) electrons. The number of ketones is 2. The Bertz CT molecular complexity index is 797. The van der Waals surface area contributed by atoms with Gasteiger partial charge in [-0.2, -0.15) is 0 Å². The quantitative estimate of drug-likeness (QED) is 0.503. The lowest BCUT2D eigenvalue weighted by molar-refractivity contribution is -0.171. The highest BCUT2D eigenvalue weighted by molar-refractivity contribution is 6.39. The van der Waals surface area contributed by atoms with E-state index in [9.17, 15) is 24.2 Å². The summed E-state index contributed by atoms with van der Waals surface area (Å²) in [7, 11) is 0. The van der Waals surface area contributed by atoms with Gasteiger partial charge in [0.2, 0.25) is 11.6 Å². The minimum absolute atomic E-state index is 0.0539. The summed E-state index contributed by atoms with van der Waals surface area (Å²) in [5.74, 6) is -0.498. The molecule has 0 heterocycles. The van der Waals surface area contributed by atoms with Gasteiger partial charge in [-0.05, 0) is 91.3 Å². The smallest absolute Gasteiger partial charge is 0.202 e. The first-order valence-corrected chi connectivity index (χ1v) is 14.0. The lowest BCUT2D eigenvalue weighted by Crippen LogP contribution is -2.61. The van der Waals surface area contributed by atoms with Gasteiger partial charge in [-0.25, -0.2) is 4.39 Å². The molecule has 34 heavy (non-hydrogen) atoms. The molecule has 4 aliphatic rings. The number of carbonyl (C=O) groups excluding carboxylic acids is 2. The van der Waals surface area contributed by atoms with Crippen LogP contribution in [0.25, 0.3) is 0 Å². The van der Waals surface area contributed by atoms with Gasteiger partial charge in [-0.15, -0.1) is 0 Å². The van der Waals surface area contributed by atoms with Crippen LogP contribution in [-0.2, 0) is 9.59 Å². The highest BCUT2D eigenvalue weighted by atomic mass is 19.1. The molecule has 0 aromatic heterocycles. The van der Waals surface area contributed by atoms with E-state index in [1.807, 2.05) is 0 Å². The van der Waals surface area contributed by atoms with Crippen LogP contribution in [0, 0.1) is 58.2 Å². The van der Waals surface area contributed by atoms with E-state index >= 15 is 0 Å². The molecule has 4 fully saturated rings. The van der Waals surface area contributed by atoms with Gasteiger partial charge in [0.05, 0.1) is 12.2 Å². The minimum atomic E-state index is -0.970. The number of alkyl halides is 1. The number of hydrogen-bond acceptors (Lipinski definition) is 4. The predicted molar refractivity (Wildman–Crippen MR) is 131 cm³/mol. The van der Waals surface area contributed by atoms with Crippen molar-refractivity contribution in [1.82, 2.24) is 0 Å². The fraction of sp³-hybridized carbons (Fsp3) is 0.931. The van der Waals surface area contributed by atoms with E-state index in [0.29, 0.717) is 18.8 Å². The number of Topliss-reactive ketones (excluding diaryl/α,β-unsaturated/α-hetero) is 2. The molecule has 0 aromatic carbocycles. The molecule has 0 bridgehead atoms. The fourth-order valence-corrected chi connectivity index (χ4v) is 9.53. The Morgan fingerprint density at radius 2 is 1.53 bits per heavy atom. The van der Waals surface area contributed by atoms with Crippen LogP contribution >= 0.6 is 0 Å². The van der Waals surface area contributed by atoms with Crippen molar-refractivity contribution in [3.05, 3.63) is 0 Å². The first kappa shape index (κ1) is 26.3. The van der Waals surface area contributed by atoms with Crippen molar-refractivity contribution in [2.75, 3.05) is 0 Å². The third-order valence-electron chi connectivity index (χ3n) is 11.6. The average molecular weight is 479 g/mol. The number of carbonyl (C=O) groups is 2. The van der Waals surface area contributed by atoms with E-state index in [0.717, 1.165) is 32.1 Å².